The molecule has 0 heterocycles. The molecule has 0 fully saturated rings. The highest BCUT2D eigenvalue weighted by atomic mass is 35.5. The summed E-state index contributed by atoms with van der Waals surface area (Å²) in [5.41, 5.74) is 4.81. The molecule has 4 nitrogen and oxygen atoms in total. The van der Waals surface area contributed by atoms with Crippen molar-refractivity contribution in [1.82, 2.24) is 5.32 Å². The van der Waals surface area contributed by atoms with Crippen LogP contribution in [0.15, 0.2) is 24.3 Å². The van der Waals surface area contributed by atoms with E-state index in [-0.39, 0.29) is 36.7 Å². The summed E-state index contributed by atoms with van der Waals surface area (Å²) in [7, 11) is 0. The highest BCUT2D eigenvalue weighted by Crippen LogP contribution is 2.30. The molecule has 1 unspecified atom stereocenters. The van der Waals surface area contributed by atoms with Crippen molar-refractivity contribution in [3.8, 4) is 5.75 Å². The molecule has 1 aromatic rings. The van der Waals surface area contributed by atoms with Crippen molar-refractivity contribution in [1.29, 1.82) is 0 Å². The second-order valence-electron chi connectivity index (χ2n) is 5.44. The van der Waals surface area contributed by atoms with Crippen LogP contribution in [0, 0.1) is 5.92 Å². The van der Waals surface area contributed by atoms with Crippen LogP contribution in [-0.4, -0.2) is 25.1 Å². The number of hydrogen-bond donors (Lipinski definition) is 2. The van der Waals surface area contributed by atoms with Gasteiger partial charge in [-0.25, -0.2) is 0 Å². The maximum Gasteiger partial charge on any atom is 0.416 e. The Bertz CT molecular complexity index is 479. The van der Waals surface area contributed by atoms with E-state index in [1.165, 1.54) is 12.1 Å². The van der Waals surface area contributed by atoms with Crippen LogP contribution in [-0.2, 0) is 11.0 Å². The molecule has 0 aliphatic heterocycles. The van der Waals surface area contributed by atoms with Crippen LogP contribution in [0.2, 0.25) is 0 Å². The summed E-state index contributed by atoms with van der Waals surface area (Å²) in [6, 6.07) is 4.06. The summed E-state index contributed by atoms with van der Waals surface area (Å²) >= 11 is 0. The first-order chi connectivity index (χ1) is 10.2. The zero-order valence-corrected chi connectivity index (χ0v) is 13.8. The van der Waals surface area contributed by atoms with Crippen LogP contribution < -0.4 is 15.8 Å². The standard InChI is InChI=1S/C15H21F3N2O2.ClH/c1-10(2)7-12(8-19)20-14(21)9-22-13-5-3-11(4-6-13)15(16,17)18;/h3-6,10,12H,7-9,19H2,1-2H3,(H,20,21);1H. The number of nitrogens with one attached hydrogen (secondary N) is 1. The molecule has 1 atom stereocenters. The van der Waals surface area contributed by atoms with Crippen molar-refractivity contribution in [3.05, 3.63) is 29.8 Å². The van der Waals surface area contributed by atoms with Gasteiger partial charge in [-0.15, -0.1) is 12.4 Å². The predicted molar refractivity (Wildman–Crippen MR) is 84.6 cm³/mol. The third-order valence-corrected chi connectivity index (χ3v) is 2.96. The minimum Gasteiger partial charge on any atom is -0.484 e. The second-order valence-corrected chi connectivity index (χ2v) is 5.44. The number of amides is 1. The maximum atomic E-state index is 12.4. The Kier molecular flexibility index (Phi) is 9.01. The Morgan fingerprint density at radius 3 is 2.26 bits per heavy atom. The van der Waals surface area contributed by atoms with Gasteiger partial charge in [-0.3, -0.25) is 4.79 Å². The molecule has 0 aromatic heterocycles. The number of benzene rings is 1. The minimum atomic E-state index is -4.39. The molecule has 0 aliphatic carbocycles. The Labute approximate surface area is 140 Å². The van der Waals surface area contributed by atoms with E-state index in [9.17, 15) is 18.0 Å². The average molecular weight is 355 g/mol. The van der Waals surface area contributed by atoms with Crippen LogP contribution in [0.25, 0.3) is 0 Å². The predicted octanol–water partition coefficient (Wildman–Crippen LogP) is 3.00. The van der Waals surface area contributed by atoms with E-state index in [1.807, 2.05) is 13.8 Å². The number of ether oxygens (including phenoxy) is 1. The Hall–Kier alpha value is -1.47. The lowest BCUT2D eigenvalue weighted by Crippen LogP contribution is -2.43. The van der Waals surface area contributed by atoms with E-state index in [4.69, 9.17) is 10.5 Å². The van der Waals surface area contributed by atoms with Gasteiger partial charge in [0.1, 0.15) is 5.75 Å². The normalized spacial score (nSPS) is 12.5. The third kappa shape index (κ3) is 8.08. The summed E-state index contributed by atoms with van der Waals surface area (Å²) in [5.74, 6) is 0.247. The van der Waals surface area contributed by atoms with Gasteiger partial charge in [-0.2, -0.15) is 13.2 Å². The van der Waals surface area contributed by atoms with E-state index in [0.29, 0.717) is 12.5 Å². The van der Waals surface area contributed by atoms with Gasteiger partial charge in [0, 0.05) is 12.6 Å². The lowest BCUT2D eigenvalue weighted by molar-refractivity contribution is -0.137. The number of hydrogen-bond acceptors (Lipinski definition) is 3. The van der Waals surface area contributed by atoms with E-state index >= 15 is 0 Å². The minimum absolute atomic E-state index is 0. The van der Waals surface area contributed by atoms with Crippen LogP contribution in [0.3, 0.4) is 0 Å². The average Bonchev–Trinajstić information content (AvgIpc) is 2.43. The molecular weight excluding hydrogens is 333 g/mol. The maximum absolute atomic E-state index is 12.4. The van der Waals surface area contributed by atoms with Crippen LogP contribution in [0.5, 0.6) is 5.75 Å². The molecule has 23 heavy (non-hydrogen) atoms. The highest BCUT2D eigenvalue weighted by Gasteiger charge is 2.30. The SMILES string of the molecule is CC(C)CC(CN)NC(=O)COc1ccc(C(F)(F)F)cc1.Cl. The lowest BCUT2D eigenvalue weighted by atomic mass is 10.0. The first kappa shape index (κ1) is 21.5. The number of carbonyl (C=O) groups excluding carboxylic acids is 1. The molecule has 3 N–H and O–H groups in total. The summed E-state index contributed by atoms with van der Waals surface area (Å²) in [4.78, 5) is 11.7. The second kappa shape index (κ2) is 9.62. The molecule has 0 radical (unpaired) electrons. The Morgan fingerprint density at radius 1 is 1.26 bits per heavy atom. The van der Waals surface area contributed by atoms with E-state index in [2.05, 4.69) is 5.32 Å². The number of rotatable bonds is 7. The van der Waals surface area contributed by atoms with Crippen LogP contribution in [0.1, 0.15) is 25.8 Å². The summed E-state index contributed by atoms with van der Waals surface area (Å²) in [5, 5.41) is 2.73. The fourth-order valence-corrected chi connectivity index (χ4v) is 1.94. The highest BCUT2D eigenvalue weighted by molar-refractivity contribution is 5.85. The van der Waals surface area contributed by atoms with Crippen molar-refractivity contribution in [2.45, 2.75) is 32.5 Å². The molecule has 0 spiro atoms. The van der Waals surface area contributed by atoms with Crippen molar-refractivity contribution in [2.24, 2.45) is 11.7 Å². The lowest BCUT2D eigenvalue weighted by Gasteiger charge is -2.19. The van der Waals surface area contributed by atoms with Gasteiger partial charge in [0.05, 0.1) is 5.56 Å². The van der Waals surface area contributed by atoms with Gasteiger partial charge >= 0.3 is 6.18 Å². The van der Waals surface area contributed by atoms with Gasteiger partial charge in [-0.1, -0.05) is 13.8 Å². The third-order valence-electron chi connectivity index (χ3n) is 2.96. The van der Waals surface area contributed by atoms with E-state index in [0.717, 1.165) is 18.6 Å². The summed E-state index contributed by atoms with van der Waals surface area (Å²) in [6.45, 7) is 4.10. The van der Waals surface area contributed by atoms with Crippen LogP contribution in [0.4, 0.5) is 13.2 Å². The van der Waals surface area contributed by atoms with Gasteiger partial charge in [0.15, 0.2) is 6.61 Å². The van der Waals surface area contributed by atoms with Gasteiger partial charge < -0.3 is 15.8 Å². The van der Waals surface area contributed by atoms with Gasteiger partial charge in [0.2, 0.25) is 0 Å². The van der Waals surface area contributed by atoms with E-state index < -0.39 is 11.7 Å². The quantitative estimate of drug-likeness (QED) is 0.791. The molecule has 1 rings (SSSR count). The molecule has 0 aliphatic rings. The van der Waals surface area contributed by atoms with Crippen molar-refractivity contribution < 1.29 is 22.7 Å². The first-order valence-electron chi connectivity index (χ1n) is 7.02. The molecule has 0 saturated carbocycles. The zero-order valence-electron chi connectivity index (χ0n) is 13.0. The molecule has 0 saturated heterocycles. The first-order valence-corrected chi connectivity index (χ1v) is 7.02. The topological polar surface area (TPSA) is 64.3 Å². The summed E-state index contributed by atoms with van der Waals surface area (Å²) < 4.78 is 42.4. The Morgan fingerprint density at radius 2 is 1.83 bits per heavy atom. The molecule has 1 amide bonds. The van der Waals surface area contributed by atoms with Gasteiger partial charge in [-0.05, 0) is 36.6 Å². The fraction of sp³-hybridized carbons (Fsp3) is 0.533. The summed E-state index contributed by atoms with van der Waals surface area (Å²) in [6.07, 6.45) is -3.64. The van der Waals surface area contributed by atoms with Gasteiger partial charge in [0.25, 0.3) is 5.91 Å². The molecular formula is C15H22ClF3N2O2. The van der Waals surface area contributed by atoms with Crippen molar-refractivity contribution in [3.63, 3.8) is 0 Å². The zero-order chi connectivity index (χ0) is 16.8. The smallest absolute Gasteiger partial charge is 0.416 e. The van der Waals surface area contributed by atoms with E-state index in [1.54, 1.807) is 0 Å². The molecule has 0 bridgehead atoms. The van der Waals surface area contributed by atoms with Crippen LogP contribution >= 0.6 is 12.4 Å². The largest absolute Gasteiger partial charge is 0.484 e. The number of halogens is 4. The number of carbonyl (C=O) groups is 1. The molecule has 8 heteroatoms. The molecule has 132 valence electrons. The van der Waals surface area contributed by atoms with Crippen molar-refractivity contribution >= 4 is 18.3 Å². The number of alkyl halides is 3. The van der Waals surface area contributed by atoms with Crippen molar-refractivity contribution in [2.75, 3.05) is 13.2 Å². The Balaban J connectivity index is 0.00000484. The molecule has 1 aromatic carbocycles. The number of nitrogens with two attached hydrogens (primary N) is 1. The fourth-order valence-electron chi connectivity index (χ4n) is 1.94. The monoisotopic (exact) mass is 354 g/mol.